The highest BCUT2D eigenvalue weighted by Crippen LogP contribution is 2.28. The van der Waals surface area contributed by atoms with Crippen molar-refractivity contribution in [1.82, 2.24) is 9.80 Å². The van der Waals surface area contributed by atoms with Gasteiger partial charge in [-0.05, 0) is 31.0 Å². The number of rotatable bonds is 3. The number of hydrogen-bond acceptors (Lipinski definition) is 4. The summed E-state index contributed by atoms with van der Waals surface area (Å²) in [6.07, 6.45) is 2.56. The second-order valence-electron chi connectivity index (χ2n) is 5.87. The molecular weight excluding hydrogens is 318 g/mol. The van der Waals surface area contributed by atoms with Crippen molar-refractivity contribution < 1.29 is 14.3 Å². The fourth-order valence-electron chi connectivity index (χ4n) is 2.79. The fraction of sp³-hybridized carbons (Fsp3) is 0.500. The largest absolute Gasteiger partial charge is 0.465 e. The number of urea groups is 1. The van der Waals surface area contributed by atoms with Crippen molar-refractivity contribution in [2.75, 3.05) is 38.6 Å². The van der Waals surface area contributed by atoms with Gasteiger partial charge in [-0.25, -0.2) is 9.59 Å². The quantitative estimate of drug-likeness (QED) is 0.861. The number of methoxy groups -OCH3 is 1. The molecule has 2 fully saturated rings. The number of amides is 2. The molecule has 1 N–H and O–H groups in total. The molecule has 6 nitrogen and oxygen atoms in total. The van der Waals surface area contributed by atoms with Crippen LogP contribution in [0.4, 0.5) is 10.5 Å². The average Bonchev–Trinajstić information content (AvgIpc) is 3.41. The van der Waals surface area contributed by atoms with E-state index in [0.29, 0.717) is 29.4 Å². The molecule has 1 saturated carbocycles. The number of benzene rings is 1. The molecule has 1 aromatic rings. The zero-order valence-electron chi connectivity index (χ0n) is 13.0. The molecule has 1 heterocycles. The van der Waals surface area contributed by atoms with Gasteiger partial charge in [0, 0.05) is 32.2 Å². The van der Waals surface area contributed by atoms with Crippen LogP contribution in [0.25, 0.3) is 0 Å². The van der Waals surface area contributed by atoms with E-state index in [1.165, 1.54) is 26.0 Å². The van der Waals surface area contributed by atoms with Crippen molar-refractivity contribution in [2.24, 2.45) is 0 Å². The van der Waals surface area contributed by atoms with Crippen LogP contribution >= 0.6 is 11.6 Å². The van der Waals surface area contributed by atoms with E-state index in [9.17, 15) is 9.59 Å². The molecular formula is C16H20ClN3O3. The summed E-state index contributed by atoms with van der Waals surface area (Å²) in [7, 11) is 1.31. The Morgan fingerprint density at radius 3 is 2.52 bits per heavy atom. The normalized spacial score (nSPS) is 18.6. The molecule has 0 spiro atoms. The minimum atomic E-state index is -0.463. The van der Waals surface area contributed by atoms with Crippen molar-refractivity contribution in [1.29, 1.82) is 0 Å². The number of piperazine rings is 1. The van der Waals surface area contributed by atoms with Gasteiger partial charge in [0.1, 0.15) is 0 Å². The number of ether oxygens (including phenoxy) is 1. The first kappa shape index (κ1) is 16.1. The van der Waals surface area contributed by atoms with Crippen LogP contribution in [0.5, 0.6) is 0 Å². The van der Waals surface area contributed by atoms with E-state index in [1.54, 1.807) is 17.0 Å². The zero-order valence-corrected chi connectivity index (χ0v) is 13.8. The van der Waals surface area contributed by atoms with Crippen LogP contribution in [0, 0.1) is 0 Å². The van der Waals surface area contributed by atoms with E-state index in [1.807, 2.05) is 0 Å². The summed E-state index contributed by atoms with van der Waals surface area (Å²) < 4.78 is 4.68. The first-order valence-electron chi connectivity index (χ1n) is 7.76. The lowest BCUT2D eigenvalue weighted by Crippen LogP contribution is -2.50. The number of nitrogens with zero attached hydrogens (tertiary/aromatic N) is 2. The smallest absolute Gasteiger partial charge is 0.337 e. The van der Waals surface area contributed by atoms with E-state index in [4.69, 9.17) is 11.6 Å². The molecule has 23 heavy (non-hydrogen) atoms. The Kier molecular flexibility index (Phi) is 4.73. The standard InChI is InChI=1S/C16H20ClN3O3/c1-23-15(21)11-2-5-13(17)14(10-11)18-16(22)20-8-6-19(7-9-20)12-3-4-12/h2,5,10,12H,3-4,6-9H2,1H3,(H,18,22). The van der Waals surface area contributed by atoms with E-state index in [0.717, 1.165) is 19.1 Å². The number of carbonyl (C=O) groups is 2. The maximum Gasteiger partial charge on any atom is 0.337 e. The zero-order chi connectivity index (χ0) is 16.4. The van der Waals surface area contributed by atoms with Crippen LogP contribution < -0.4 is 5.32 Å². The first-order chi connectivity index (χ1) is 11.1. The Bertz CT molecular complexity index is 611. The molecule has 1 aliphatic heterocycles. The molecule has 0 atom stereocenters. The molecule has 0 bridgehead atoms. The topological polar surface area (TPSA) is 61.9 Å². The minimum Gasteiger partial charge on any atom is -0.465 e. The van der Waals surface area contributed by atoms with Gasteiger partial charge in [-0.2, -0.15) is 0 Å². The van der Waals surface area contributed by atoms with Crippen molar-refractivity contribution >= 4 is 29.3 Å². The highest BCUT2D eigenvalue weighted by atomic mass is 35.5. The highest BCUT2D eigenvalue weighted by molar-refractivity contribution is 6.33. The fourth-order valence-corrected chi connectivity index (χ4v) is 2.95. The molecule has 0 aromatic heterocycles. The maximum absolute atomic E-state index is 12.4. The third-order valence-electron chi connectivity index (χ3n) is 4.29. The van der Waals surface area contributed by atoms with Gasteiger partial charge in [0.25, 0.3) is 0 Å². The molecule has 3 rings (SSSR count). The van der Waals surface area contributed by atoms with E-state index in [-0.39, 0.29) is 6.03 Å². The van der Waals surface area contributed by atoms with Crippen molar-refractivity contribution in [3.8, 4) is 0 Å². The predicted molar refractivity (Wildman–Crippen MR) is 88.0 cm³/mol. The Morgan fingerprint density at radius 1 is 1.22 bits per heavy atom. The van der Waals surface area contributed by atoms with Gasteiger partial charge >= 0.3 is 12.0 Å². The molecule has 0 radical (unpaired) electrons. The molecule has 2 aliphatic rings. The number of nitrogens with one attached hydrogen (secondary N) is 1. The van der Waals surface area contributed by atoms with Gasteiger partial charge in [0.2, 0.25) is 0 Å². The Balaban J connectivity index is 1.62. The highest BCUT2D eigenvalue weighted by Gasteiger charge is 2.32. The lowest BCUT2D eigenvalue weighted by Gasteiger charge is -2.34. The van der Waals surface area contributed by atoms with Crippen molar-refractivity contribution in [3.05, 3.63) is 28.8 Å². The SMILES string of the molecule is COC(=O)c1ccc(Cl)c(NC(=O)N2CCN(C3CC3)CC2)c1. The average molecular weight is 338 g/mol. The van der Waals surface area contributed by atoms with Crippen LogP contribution in [0.1, 0.15) is 23.2 Å². The number of carbonyl (C=O) groups excluding carboxylic acids is 2. The Hall–Kier alpha value is -1.79. The maximum atomic E-state index is 12.4. The summed E-state index contributed by atoms with van der Waals surface area (Å²) in [6, 6.07) is 5.22. The Labute approximate surface area is 140 Å². The summed E-state index contributed by atoms with van der Waals surface area (Å²) in [4.78, 5) is 28.2. The second kappa shape index (κ2) is 6.76. The van der Waals surface area contributed by atoms with Crippen LogP contribution in [0.3, 0.4) is 0 Å². The van der Waals surface area contributed by atoms with Gasteiger partial charge in [-0.3, -0.25) is 4.90 Å². The van der Waals surface area contributed by atoms with E-state index in [2.05, 4.69) is 15.0 Å². The molecule has 7 heteroatoms. The van der Waals surface area contributed by atoms with Crippen LogP contribution in [0.15, 0.2) is 18.2 Å². The molecule has 124 valence electrons. The first-order valence-corrected chi connectivity index (χ1v) is 8.14. The number of esters is 1. The summed E-state index contributed by atoms with van der Waals surface area (Å²) >= 11 is 6.11. The van der Waals surface area contributed by atoms with Gasteiger partial charge in [0.05, 0.1) is 23.4 Å². The lowest BCUT2D eigenvalue weighted by molar-refractivity contribution is 0.0600. The van der Waals surface area contributed by atoms with Crippen LogP contribution in [-0.2, 0) is 4.74 Å². The number of halogens is 1. The summed E-state index contributed by atoms with van der Waals surface area (Å²) in [5, 5.41) is 3.18. The summed E-state index contributed by atoms with van der Waals surface area (Å²) in [6.45, 7) is 3.23. The summed E-state index contributed by atoms with van der Waals surface area (Å²) in [5.74, 6) is -0.463. The van der Waals surface area contributed by atoms with Gasteiger partial charge in [-0.15, -0.1) is 0 Å². The van der Waals surface area contributed by atoms with Gasteiger partial charge in [0.15, 0.2) is 0 Å². The minimum absolute atomic E-state index is 0.190. The Morgan fingerprint density at radius 2 is 1.91 bits per heavy atom. The van der Waals surface area contributed by atoms with Crippen molar-refractivity contribution in [2.45, 2.75) is 18.9 Å². The summed E-state index contributed by atoms with van der Waals surface area (Å²) in [5.41, 5.74) is 0.773. The molecule has 1 saturated heterocycles. The molecule has 1 aromatic carbocycles. The molecule has 1 aliphatic carbocycles. The van der Waals surface area contributed by atoms with Crippen LogP contribution in [0.2, 0.25) is 5.02 Å². The predicted octanol–water partition coefficient (Wildman–Crippen LogP) is 2.44. The molecule has 0 unspecified atom stereocenters. The van der Waals surface area contributed by atoms with Gasteiger partial charge < -0.3 is 15.0 Å². The third kappa shape index (κ3) is 3.76. The number of hydrogen-bond donors (Lipinski definition) is 1. The second-order valence-corrected chi connectivity index (χ2v) is 6.28. The van der Waals surface area contributed by atoms with Crippen LogP contribution in [-0.4, -0.2) is 61.1 Å². The van der Waals surface area contributed by atoms with E-state index < -0.39 is 5.97 Å². The molecule has 2 amide bonds. The van der Waals surface area contributed by atoms with Gasteiger partial charge in [-0.1, -0.05) is 11.6 Å². The van der Waals surface area contributed by atoms with E-state index >= 15 is 0 Å². The van der Waals surface area contributed by atoms with Crippen molar-refractivity contribution in [3.63, 3.8) is 0 Å². The lowest BCUT2D eigenvalue weighted by atomic mass is 10.2. The third-order valence-corrected chi connectivity index (χ3v) is 4.62. The monoisotopic (exact) mass is 337 g/mol. The number of anilines is 1.